The van der Waals surface area contributed by atoms with E-state index in [-0.39, 0.29) is 11.6 Å². The summed E-state index contributed by atoms with van der Waals surface area (Å²) in [5, 5.41) is 9.76. The molecule has 1 aromatic heterocycles. The zero-order chi connectivity index (χ0) is 10.8. The maximum absolute atomic E-state index is 11.5. The molecule has 1 aromatic rings. The summed E-state index contributed by atoms with van der Waals surface area (Å²) in [5.74, 6) is 0. The minimum absolute atomic E-state index is 0.343. The lowest BCUT2D eigenvalue weighted by molar-refractivity contribution is 0.0715. The van der Waals surface area contributed by atoms with Gasteiger partial charge in [0.2, 0.25) is 0 Å². The Kier molecular flexibility index (Phi) is 2.73. The Labute approximate surface area is 86.4 Å². The van der Waals surface area contributed by atoms with Crippen molar-refractivity contribution in [3.63, 3.8) is 0 Å². The van der Waals surface area contributed by atoms with Crippen molar-refractivity contribution in [2.24, 2.45) is 0 Å². The number of aromatic amines is 1. The quantitative estimate of drug-likeness (QED) is 0.685. The fourth-order valence-corrected chi connectivity index (χ4v) is 2.14. The van der Waals surface area contributed by atoms with Gasteiger partial charge in [0.15, 0.2) is 0 Å². The molecule has 0 aliphatic heterocycles. The van der Waals surface area contributed by atoms with E-state index < -0.39 is 11.8 Å². The molecule has 2 rings (SSSR count). The molecular formula is C10H14N2O3. The van der Waals surface area contributed by atoms with Gasteiger partial charge in [-0.15, -0.1) is 0 Å². The summed E-state index contributed by atoms with van der Waals surface area (Å²) in [5.41, 5.74) is -0.779. The van der Waals surface area contributed by atoms with E-state index in [1.54, 1.807) is 0 Å². The first kappa shape index (κ1) is 10.2. The van der Waals surface area contributed by atoms with Crippen molar-refractivity contribution in [3.05, 3.63) is 33.1 Å². The van der Waals surface area contributed by atoms with E-state index in [1.165, 1.54) is 12.3 Å². The molecule has 5 nitrogen and oxygen atoms in total. The largest absolute Gasteiger partial charge is 0.391 e. The van der Waals surface area contributed by atoms with Crippen LogP contribution in [0.1, 0.15) is 31.7 Å². The molecule has 0 aromatic carbocycles. The van der Waals surface area contributed by atoms with Gasteiger partial charge in [-0.1, -0.05) is 12.8 Å². The van der Waals surface area contributed by atoms with Gasteiger partial charge in [-0.3, -0.25) is 9.36 Å². The van der Waals surface area contributed by atoms with Gasteiger partial charge in [0, 0.05) is 12.3 Å². The second kappa shape index (κ2) is 4.02. The first-order chi connectivity index (χ1) is 7.20. The van der Waals surface area contributed by atoms with Crippen molar-refractivity contribution >= 4 is 0 Å². The number of aliphatic hydroxyl groups excluding tert-OH is 1. The van der Waals surface area contributed by atoms with Gasteiger partial charge in [0.25, 0.3) is 5.56 Å². The van der Waals surface area contributed by atoms with Crippen LogP contribution in [0.4, 0.5) is 0 Å². The molecule has 0 saturated heterocycles. The number of hydrogen-bond acceptors (Lipinski definition) is 3. The first-order valence-electron chi connectivity index (χ1n) is 5.18. The molecule has 2 N–H and O–H groups in total. The molecule has 15 heavy (non-hydrogen) atoms. The Morgan fingerprint density at radius 2 is 2.07 bits per heavy atom. The Balaban J connectivity index is 2.44. The number of hydrogen-bond donors (Lipinski definition) is 2. The SMILES string of the molecule is O=c1cc[nH]c(=O)n1C1CCCCC1O. The van der Waals surface area contributed by atoms with Crippen LogP contribution in [-0.4, -0.2) is 20.8 Å². The van der Waals surface area contributed by atoms with Gasteiger partial charge in [0.05, 0.1) is 12.1 Å². The van der Waals surface area contributed by atoms with Crippen LogP contribution in [0.5, 0.6) is 0 Å². The average Bonchev–Trinajstić information content (AvgIpc) is 2.20. The predicted molar refractivity (Wildman–Crippen MR) is 54.8 cm³/mol. The summed E-state index contributed by atoms with van der Waals surface area (Å²) < 4.78 is 1.13. The molecular weight excluding hydrogens is 196 g/mol. The van der Waals surface area contributed by atoms with Crippen LogP contribution >= 0.6 is 0 Å². The molecule has 2 atom stereocenters. The molecule has 2 unspecified atom stereocenters. The summed E-state index contributed by atoms with van der Waals surface area (Å²) in [7, 11) is 0. The Morgan fingerprint density at radius 1 is 1.33 bits per heavy atom. The molecule has 0 amide bonds. The van der Waals surface area contributed by atoms with Gasteiger partial charge in [-0.2, -0.15) is 0 Å². The predicted octanol–water partition coefficient (Wildman–Crippen LogP) is 0.0126. The van der Waals surface area contributed by atoms with Crippen molar-refractivity contribution in [2.45, 2.75) is 37.8 Å². The Hall–Kier alpha value is -1.36. The second-order valence-corrected chi connectivity index (χ2v) is 3.91. The second-order valence-electron chi connectivity index (χ2n) is 3.91. The smallest absolute Gasteiger partial charge is 0.328 e. The fourth-order valence-electron chi connectivity index (χ4n) is 2.14. The van der Waals surface area contributed by atoms with E-state index in [9.17, 15) is 14.7 Å². The molecule has 1 aliphatic carbocycles. The molecule has 1 heterocycles. The highest BCUT2D eigenvalue weighted by Gasteiger charge is 2.26. The lowest BCUT2D eigenvalue weighted by Crippen LogP contribution is -2.42. The van der Waals surface area contributed by atoms with Crippen LogP contribution in [0.25, 0.3) is 0 Å². The number of nitrogens with one attached hydrogen (secondary N) is 1. The van der Waals surface area contributed by atoms with Gasteiger partial charge in [0.1, 0.15) is 0 Å². The fraction of sp³-hybridized carbons (Fsp3) is 0.600. The first-order valence-corrected chi connectivity index (χ1v) is 5.18. The average molecular weight is 210 g/mol. The molecule has 1 saturated carbocycles. The van der Waals surface area contributed by atoms with Crippen LogP contribution < -0.4 is 11.2 Å². The maximum Gasteiger partial charge on any atom is 0.328 e. The zero-order valence-electron chi connectivity index (χ0n) is 8.35. The van der Waals surface area contributed by atoms with Crippen molar-refractivity contribution < 1.29 is 5.11 Å². The number of H-pyrrole nitrogens is 1. The molecule has 0 radical (unpaired) electrons. The van der Waals surface area contributed by atoms with Crippen molar-refractivity contribution in [1.82, 2.24) is 9.55 Å². The lowest BCUT2D eigenvalue weighted by Gasteiger charge is -2.28. The van der Waals surface area contributed by atoms with E-state index in [4.69, 9.17) is 0 Å². The van der Waals surface area contributed by atoms with Crippen LogP contribution in [0.15, 0.2) is 21.9 Å². The van der Waals surface area contributed by atoms with Gasteiger partial charge in [-0.25, -0.2) is 4.79 Å². The highest BCUT2D eigenvalue weighted by Crippen LogP contribution is 2.26. The highest BCUT2D eigenvalue weighted by molar-refractivity contribution is 4.89. The molecule has 1 fully saturated rings. The molecule has 82 valence electrons. The maximum atomic E-state index is 11.5. The van der Waals surface area contributed by atoms with Gasteiger partial charge < -0.3 is 10.1 Å². The van der Waals surface area contributed by atoms with Crippen molar-refractivity contribution in [3.8, 4) is 0 Å². The molecule has 0 bridgehead atoms. The van der Waals surface area contributed by atoms with E-state index in [2.05, 4.69) is 4.98 Å². The number of nitrogens with zero attached hydrogens (tertiary/aromatic N) is 1. The van der Waals surface area contributed by atoms with Crippen LogP contribution in [0.3, 0.4) is 0 Å². The summed E-state index contributed by atoms with van der Waals surface area (Å²) in [6.07, 6.45) is 4.00. The third kappa shape index (κ3) is 1.87. The molecule has 0 spiro atoms. The minimum Gasteiger partial charge on any atom is -0.391 e. The summed E-state index contributed by atoms with van der Waals surface area (Å²) in [4.78, 5) is 25.5. The lowest BCUT2D eigenvalue weighted by atomic mass is 9.92. The number of rotatable bonds is 1. The monoisotopic (exact) mass is 210 g/mol. The third-order valence-corrected chi connectivity index (χ3v) is 2.91. The van der Waals surface area contributed by atoms with Crippen molar-refractivity contribution in [2.75, 3.05) is 0 Å². The van der Waals surface area contributed by atoms with Gasteiger partial charge >= 0.3 is 5.69 Å². The third-order valence-electron chi connectivity index (χ3n) is 2.91. The normalized spacial score (nSPS) is 26.5. The van der Waals surface area contributed by atoms with E-state index in [1.807, 2.05) is 0 Å². The topological polar surface area (TPSA) is 75.1 Å². The highest BCUT2D eigenvalue weighted by atomic mass is 16.3. The van der Waals surface area contributed by atoms with Crippen LogP contribution in [-0.2, 0) is 0 Å². The van der Waals surface area contributed by atoms with Crippen LogP contribution in [0, 0.1) is 0 Å². The Morgan fingerprint density at radius 3 is 2.73 bits per heavy atom. The number of aromatic nitrogens is 2. The summed E-state index contributed by atoms with van der Waals surface area (Å²) >= 11 is 0. The van der Waals surface area contributed by atoms with Crippen LogP contribution in [0.2, 0.25) is 0 Å². The van der Waals surface area contributed by atoms with E-state index >= 15 is 0 Å². The standard InChI is InChI=1S/C10H14N2O3/c13-8-4-2-1-3-7(8)12-9(14)5-6-11-10(12)15/h5-8,13H,1-4H2,(H,11,15). The van der Waals surface area contributed by atoms with Crippen molar-refractivity contribution in [1.29, 1.82) is 0 Å². The zero-order valence-corrected chi connectivity index (χ0v) is 8.35. The molecule has 1 aliphatic rings. The summed E-state index contributed by atoms with van der Waals surface area (Å²) in [6.45, 7) is 0. The Bertz CT molecular complexity index is 420. The van der Waals surface area contributed by atoms with E-state index in [0.717, 1.165) is 17.4 Å². The molecule has 5 heteroatoms. The number of aliphatic hydroxyl groups is 1. The summed E-state index contributed by atoms with van der Waals surface area (Å²) in [6, 6.07) is 0.944. The minimum atomic E-state index is -0.583. The van der Waals surface area contributed by atoms with E-state index in [0.29, 0.717) is 12.8 Å². The van der Waals surface area contributed by atoms with Gasteiger partial charge in [-0.05, 0) is 12.8 Å².